The number of halogens is 1. The fourth-order valence-corrected chi connectivity index (χ4v) is 3.21. The Kier molecular flexibility index (Phi) is 3.96. The Morgan fingerprint density at radius 2 is 2.41 bits per heavy atom. The number of carboxylic acids is 1. The van der Waals surface area contributed by atoms with Crippen molar-refractivity contribution in [2.45, 2.75) is 11.4 Å². The first-order chi connectivity index (χ1) is 8.11. The molecule has 1 saturated heterocycles. The minimum atomic E-state index is -0.827. The van der Waals surface area contributed by atoms with Crippen LogP contribution in [-0.4, -0.2) is 29.3 Å². The second-order valence-corrected chi connectivity index (χ2v) is 5.71. The number of hydrogen-bond acceptors (Lipinski definition) is 4. The van der Waals surface area contributed by atoms with Gasteiger partial charge in [-0.15, -0.1) is 11.8 Å². The Morgan fingerprint density at radius 3 is 3.00 bits per heavy atom. The van der Waals surface area contributed by atoms with E-state index in [9.17, 15) is 4.79 Å². The molecular weight excluding hydrogens is 306 g/mol. The molecule has 4 nitrogen and oxygen atoms in total. The van der Waals surface area contributed by atoms with Crippen molar-refractivity contribution >= 4 is 33.7 Å². The molecule has 0 aliphatic carbocycles. The van der Waals surface area contributed by atoms with Crippen LogP contribution < -0.4 is 10.1 Å². The van der Waals surface area contributed by atoms with Gasteiger partial charge in [0.25, 0.3) is 0 Å². The molecule has 1 fully saturated rings. The predicted molar refractivity (Wildman–Crippen MR) is 70.5 cm³/mol. The summed E-state index contributed by atoms with van der Waals surface area (Å²) in [5.74, 6) is 0.674. The van der Waals surface area contributed by atoms with Gasteiger partial charge >= 0.3 is 5.97 Å². The fourth-order valence-electron chi connectivity index (χ4n) is 1.77. The number of methoxy groups -OCH3 is 1. The molecule has 0 unspecified atom stereocenters. The van der Waals surface area contributed by atoms with E-state index in [1.54, 1.807) is 7.11 Å². The molecule has 6 heteroatoms. The van der Waals surface area contributed by atoms with E-state index in [1.807, 2.05) is 18.2 Å². The van der Waals surface area contributed by atoms with E-state index in [2.05, 4.69) is 21.2 Å². The van der Waals surface area contributed by atoms with Gasteiger partial charge < -0.3 is 9.84 Å². The first-order valence-corrected chi connectivity index (χ1v) is 6.90. The van der Waals surface area contributed by atoms with Gasteiger partial charge in [0.1, 0.15) is 5.75 Å². The van der Waals surface area contributed by atoms with Gasteiger partial charge in [0.2, 0.25) is 0 Å². The number of thioether (sulfide) groups is 1. The molecule has 0 saturated carbocycles. The quantitative estimate of drug-likeness (QED) is 0.895. The number of carbonyl (C=O) groups is 1. The summed E-state index contributed by atoms with van der Waals surface area (Å²) < 4.78 is 6.25. The maximum Gasteiger partial charge on any atom is 0.331 e. The molecular formula is C11H12BrNO3S. The number of carboxylic acid groups (broad SMARTS) is 1. The highest BCUT2D eigenvalue weighted by atomic mass is 79.9. The van der Waals surface area contributed by atoms with Gasteiger partial charge in [-0.25, -0.2) is 4.79 Å². The monoisotopic (exact) mass is 317 g/mol. The Balaban J connectivity index is 2.23. The molecule has 0 amide bonds. The Bertz CT molecular complexity index is 441. The lowest BCUT2D eigenvalue weighted by Gasteiger charge is -2.15. The number of nitrogens with one attached hydrogen (secondary N) is 1. The van der Waals surface area contributed by atoms with Crippen molar-refractivity contribution in [3.63, 3.8) is 0 Å². The van der Waals surface area contributed by atoms with Crippen molar-refractivity contribution in [2.24, 2.45) is 0 Å². The van der Waals surface area contributed by atoms with Crippen LogP contribution in [0.3, 0.4) is 0 Å². The van der Waals surface area contributed by atoms with Gasteiger partial charge in [-0.1, -0.05) is 15.9 Å². The van der Waals surface area contributed by atoms with Crippen molar-refractivity contribution < 1.29 is 14.6 Å². The van der Waals surface area contributed by atoms with Crippen LogP contribution in [-0.2, 0) is 4.79 Å². The average molecular weight is 318 g/mol. The third kappa shape index (κ3) is 2.75. The van der Waals surface area contributed by atoms with E-state index >= 15 is 0 Å². The van der Waals surface area contributed by atoms with Crippen molar-refractivity contribution in [2.75, 3.05) is 12.9 Å². The van der Waals surface area contributed by atoms with Gasteiger partial charge in [-0.05, 0) is 18.2 Å². The Labute approximate surface area is 112 Å². The molecule has 0 radical (unpaired) electrons. The smallest absolute Gasteiger partial charge is 0.331 e. The average Bonchev–Trinajstić information content (AvgIpc) is 2.78. The van der Waals surface area contributed by atoms with Crippen LogP contribution >= 0.6 is 27.7 Å². The van der Waals surface area contributed by atoms with Crippen molar-refractivity contribution in [1.82, 2.24) is 5.32 Å². The van der Waals surface area contributed by atoms with E-state index < -0.39 is 11.3 Å². The van der Waals surface area contributed by atoms with Gasteiger partial charge in [-0.3, -0.25) is 5.32 Å². The number of rotatable bonds is 3. The molecule has 0 spiro atoms. The Morgan fingerprint density at radius 1 is 1.65 bits per heavy atom. The normalized spacial score (nSPS) is 23.6. The fraction of sp³-hybridized carbons (Fsp3) is 0.364. The summed E-state index contributed by atoms with van der Waals surface area (Å²) in [6, 6.07) is 5.74. The van der Waals surface area contributed by atoms with Gasteiger partial charge in [0, 0.05) is 21.8 Å². The summed E-state index contributed by atoms with van der Waals surface area (Å²) in [5, 5.41) is 11.5. The lowest BCUT2D eigenvalue weighted by atomic mass is 10.1. The standard InChI is InChI=1S/C11H12BrNO3S/c1-16-9-3-2-6(12)4-7(9)8-5-17-10(13-8)11(14)15/h2-4,8,10,13H,5H2,1H3,(H,14,15)/t8-,10-/m1/s1. The highest BCUT2D eigenvalue weighted by molar-refractivity contribution is 9.10. The summed E-state index contributed by atoms with van der Waals surface area (Å²) in [7, 11) is 1.61. The molecule has 1 heterocycles. The highest BCUT2D eigenvalue weighted by Crippen LogP contribution is 2.35. The summed E-state index contributed by atoms with van der Waals surface area (Å²) in [6.07, 6.45) is 0. The zero-order valence-electron chi connectivity index (χ0n) is 9.14. The molecule has 92 valence electrons. The predicted octanol–water partition coefficient (Wildman–Crippen LogP) is 2.25. The lowest BCUT2D eigenvalue weighted by molar-refractivity contribution is -0.137. The second-order valence-electron chi connectivity index (χ2n) is 3.66. The van der Waals surface area contributed by atoms with Crippen LogP contribution in [0.1, 0.15) is 11.6 Å². The SMILES string of the molecule is COc1ccc(Br)cc1[C@H]1CS[C@H](C(=O)O)N1. The molecule has 17 heavy (non-hydrogen) atoms. The van der Waals surface area contributed by atoms with E-state index in [-0.39, 0.29) is 6.04 Å². The van der Waals surface area contributed by atoms with Crippen molar-refractivity contribution in [1.29, 1.82) is 0 Å². The molecule has 2 rings (SSSR count). The van der Waals surface area contributed by atoms with Crippen LogP contribution in [0.4, 0.5) is 0 Å². The minimum absolute atomic E-state index is 0.00792. The van der Waals surface area contributed by atoms with Crippen molar-refractivity contribution in [3.05, 3.63) is 28.2 Å². The number of aliphatic carboxylic acids is 1. The molecule has 0 aromatic heterocycles. The summed E-state index contributed by atoms with van der Waals surface area (Å²) in [4.78, 5) is 10.9. The largest absolute Gasteiger partial charge is 0.496 e. The van der Waals surface area contributed by atoms with E-state index in [1.165, 1.54) is 11.8 Å². The van der Waals surface area contributed by atoms with Gasteiger partial charge in [0.05, 0.1) is 7.11 Å². The summed E-state index contributed by atoms with van der Waals surface area (Å²) in [5.41, 5.74) is 0.984. The van der Waals surface area contributed by atoms with Crippen molar-refractivity contribution in [3.8, 4) is 5.75 Å². The first kappa shape index (κ1) is 12.7. The Hall–Kier alpha value is -0.720. The lowest BCUT2D eigenvalue weighted by Crippen LogP contribution is -2.30. The number of benzene rings is 1. The van der Waals surface area contributed by atoms with E-state index in [4.69, 9.17) is 9.84 Å². The zero-order chi connectivity index (χ0) is 12.4. The maximum absolute atomic E-state index is 10.9. The molecule has 1 aromatic rings. The highest BCUT2D eigenvalue weighted by Gasteiger charge is 2.31. The summed E-state index contributed by atoms with van der Waals surface area (Å²) in [6.45, 7) is 0. The molecule has 0 bridgehead atoms. The first-order valence-electron chi connectivity index (χ1n) is 5.05. The number of hydrogen-bond donors (Lipinski definition) is 2. The van der Waals surface area contributed by atoms with Gasteiger partial charge in [-0.2, -0.15) is 0 Å². The van der Waals surface area contributed by atoms with Crippen LogP contribution in [0.2, 0.25) is 0 Å². The summed E-state index contributed by atoms with van der Waals surface area (Å²) >= 11 is 4.81. The third-order valence-electron chi connectivity index (χ3n) is 2.57. The topological polar surface area (TPSA) is 58.6 Å². The van der Waals surface area contributed by atoms with Crippen LogP contribution in [0.15, 0.2) is 22.7 Å². The maximum atomic E-state index is 10.9. The molecule has 1 aromatic carbocycles. The van der Waals surface area contributed by atoms with E-state index in [0.717, 1.165) is 21.5 Å². The second kappa shape index (κ2) is 5.29. The van der Waals surface area contributed by atoms with Crippen LogP contribution in [0.25, 0.3) is 0 Å². The zero-order valence-corrected chi connectivity index (χ0v) is 11.5. The van der Waals surface area contributed by atoms with Crippen LogP contribution in [0, 0.1) is 0 Å². The molecule has 2 atom stereocenters. The van der Waals surface area contributed by atoms with Crippen LogP contribution in [0.5, 0.6) is 5.75 Å². The minimum Gasteiger partial charge on any atom is -0.496 e. The molecule has 1 aliphatic rings. The van der Waals surface area contributed by atoms with E-state index in [0.29, 0.717) is 0 Å². The number of ether oxygens (including phenoxy) is 1. The third-order valence-corrected chi connectivity index (χ3v) is 4.26. The molecule has 2 N–H and O–H groups in total. The molecule has 1 aliphatic heterocycles. The van der Waals surface area contributed by atoms with Gasteiger partial charge in [0.15, 0.2) is 5.37 Å².